The van der Waals surface area contributed by atoms with Crippen LogP contribution in [0.15, 0.2) is 36.5 Å². The summed E-state index contributed by atoms with van der Waals surface area (Å²) in [6, 6.07) is 7.50. The van der Waals surface area contributed by atoms with Crippen LogP contribution in [0.4, 0.5) is 15.9 Å². The van der Waals surface area contributed by atoms with E-state index in [0.29, 0.717) is 23.5 Å². The number of nitrogens with zero attached hydrogens (tertiary/aromatic N) is 1. The first-order valence-corrected chi connectivity index (χ1v) is 5.81. The second-order valence-corrected chi connectivity index (χ2v) is 4.29. The van der Waals surface area contributed by atoms with Gasteiger partial charge in [0.15, 0.2) is 0 Å². The van der Waals surface area contributed by atoms with E-state index in [-0.39, 0.29) is 11.9 Å². The Kier molecular flexibility index (Phi) is 3.94. The molecular formula is C13H16FN5. The lowest BCUT2D eigenvalue weighted by Crippen LogP contribution is -2.30. The van der Waals surface area contributed by atoms with E-state index in [1.807, 2.05) is 6.07 Å². The molecule has 0 saturated carbocycles. The topological polar surface area (TPSA) is 103 Å². The first-order chi connectivity index (χ1) is 9.10. The summed E-state index contributed by atoms with van der Waals surface area (Å²) in [7, 11) is 0. The third-order valence-electron chi connectivity index (χ3n) is 2.91. The lowest BCUT2D eigenvalue weighted by Gasteiger charge is -2.18. The molecule has 0 saturated heterocycles. The van der Waals surface area contributed by atoms with Gasteiger partial charge in [-0.25, -0.2) is 9.37 Å². The summed E-state index contributed by atoms with van der Waals surface area (Å²) < 4.78 is 13.3. The molecule has 0 amide bonds. The van der Waals surface area contributed by atoms with Gasteiger partial charge in [-0.3, -0.25) is 11.3 Å². The van der Waals surface area contributed by atoms with Gasteiger partial charge < -0.3 is 11.5 Å². The molecule has 5 nitrogen and oxygen atoms in total. The number of hydrogen-bond donors (Lipinski definition) is 4. The first-order valence-electron chi connectivity index (χ1n) is 5.81. The van der Waals surface area contributed by atoms with Crippen molar-refractivity contribution in [1.82, 2.24) is 10.4 Å². The van der Waals surface area contributed by atoms with Crippen LogP contribution < -0.4 is 22.7 Å². The summed E-state index contributed by atoms with van der Waals surface area (Å²) in [5, 5.41) is 0. The van der Waals surface area contributed by atoms with Gasteiger partial charge in [0.2, 0.25) is 0 Å². The van der Waals surface area contributed by atoms with Gasteiger partial charge in [0.1, 0.15) is 11.6 Å². The average Bonchev–Trinajstić information content (AvgIpc) is 2.39. The average molecular weight is 261 g/mol. The lowest BCUT2D eigenvalue weighted by molar-refractivity contribution is 0.546. The molecule has 2 aromatic rings. The summed E-state index contributed by atoms with van der Waals surface area (Å²) in [4.78, 5) is 3.92. The molecule has 1 atom stereocenters. The summed E-state index contributed by atoms with van der Waals surface area (Å²) in [5.74, 6) is 5.62. The fourth-order valence-corrected chi connectivity index (χ4v) is 1.96. The zero-order valence-corrected chi connectivity index (χ0v) is 10.3. The second-order valence-electron chi connectivity index (χ2n) is 4.29. The van der Waals surface area contributed by atoms with Crippen LogP contribution in [0.5, 0.6) is 0 Å². The predicted octanol–water partition coefficient (Wildman–Crippen LogP) is 1.13. The van der Waals surface area contributed by atoms with Crippen molar-refractivity contribution in [3.05, 3.63) is 53.5 Å². The number of benzene rings is 1. The van der Waals surface area contributed by atoms with Crippen molar-refractivity contribution in [3.8, 4) is 0 Å². The summed E-state index contributed by atoms with van der Waals surface area (Å²) in [5.41, 5.74) is 16.2. The molecule has 0 spiro atoms. The van der Waals surface area contributed by atoms with Crippen molar-refractivity contribution in [1.29, 1.82) is 0 Å². The maximum Gasteiger partial charge on any atom is 0.123 e. The van der Waals surface area contributed by atoms with Crippen LogP contribution in [0.3, 0.4) is 0 Å². The molecule has 0 radical (unpaired) electrons. The molecule has 0 bridgehead atoms. The Balaban J connectivity index is 2.27. The predicted molar refractivity (Wildman–Crippen MR) is 73.2 cm³/mol. The highest BCUT2D eigenvalue weighted by Crippen LogP contribution is 2.24. The van der Waals surface area contributed by atoms with E-state index in [9.17, 15) is 4.39 Å². The maximum atomic E-state index is 13.3. The Labute approximate surface area is 110 Å². The third-order valence-corrected chi connectivity index (χ3v) is 2.91. The Bertz CT molecular complexity index is 573. The largest absolute Gasteiger partial charge is 0.398 e. The quantitative estimate of drug-likeness (QED) is 0.375. The summed E-state index contributed by atoms with van der Waals surface area (Å²) >= 11 is 0. The minimum atomic E-state index is -0.348. The second kappa shape index (κ2) is 5.64. The fraction of sp³-hybridized carbons (Fsp3) is 0.154. The Morgan fingerprint density at radius 3 is 2.68 bits per heavy atom. The van der Waals surface area contributed by atoms with Crippen LogP contribution in [0, 0.1) is 5.82 Å². The Morgan fingerprint density at radius 2 is 2.00 bits per heavy atom. The monoisotopic (exact) mass is 261 g/mol. The Morgan fingerprint density at radius 1 is 1.21 bits per heavy atom. The van der Waals surface area contributed by atoms with Crippen LogP contribution in [-0.4, -0.2) is 4.98 Å². The van der Waals surface area contributed by atoms with Gasteiger partial charge in [-0.1, -0.05) is 0 Å². The number of nitrogens with two attached hydrogens (primary N) is 3. The van der Waals surface area contributed by atoms with Crippen LogP contribution >= 0.6 is 0 Å². The van der Waals surface area contributed by atoms with Crippen LogP contribution in [0.25, 0.3) is 0 Å². The molecule has 0 aliphatic heterocycles. The highest BCUT2D eigenvalue weighted by molar-refractivity contribution is 5.49. The molecule has 0 aliphatic rings. The standard InChI is InChI=1S/C13H16FN5/c14-9-1-2-11(15)10(7-9)12(19-17)5-8-3-4-18-13(16)6-8/h1-4,6-7,12,19H,5,15,17H2,(H2,16,18). The zero-order chi connectivity index (χ0) is 13.8. The van der Waals surface area contributed by atoms with Crippen molar-refractivity contribution in [2.45, 2.75) is 12.5 Å². The van der Waals surface area contributed by atoms with Crippen LogP contribution in [-0.2, 0) is 6.42 Å². The molecule has 1 unspecified atom stereocenters. The van der Waals surface area contributed by atoms with Gasteiger partial charge in [-0.15, -0.1) is 0 Å². The number of pyridine rings is 1. The third kappa shape index (κ3) is 3.18. The summed E-state index contributed by atoms with van der Waals surface area (Å²) in [6.07, 6.45) is 2.16. The van der Waals surface area contributed by atoms with Crippen molar-refractivity contribution < 1.29 is 4.39 Å². The molecule has 7 N–H and O–H groups in total. The molecule has 1 aromatic heterocycles. The van der Waals surface area contributed by atoms with Crippen molar-refractivity contribution in [2.75, 3.05) is 11.5 Å². The number of hydrazine groups is 1. The van der Waals surface area contributed by atoms with E-state index in [0.717, 1.165) is 5.56 Å². The Hall–Kier alpha value is -2.18. The number of nitrogen functional groups attached to an aromatic ring is 2. The number of aromatic nitrogens is 1. The van der Waals surface area contributed by atoms with Gasteiger partial charge in [-0.2, -0.15) is 0 Å². The van der Waals surface area contributed by atoms with Gasteiger partial charge >= 0.3 is 0 Å². The van der Waals surface area contributed by atoms with Gasteiger partial charge in [0.05, 0.1) is 6.04 Å². The van der Waals surface area contributed by atoms with E-state index in [1.165, 1.54) is 18.2 Å². The molecule has 0 fully saturated rings. The first kappa shape index (κ1) is 13.3. The van der Waals surface area contributed by atoms with E-state index in [4.69, 9.17) is 17.3 Å². The van der Waals surface area contributed by atoms with Gasteiger partial charge in [0, 0.05) is 11.9 Å². The fourth-order valence-electron chi connectivity index (χ4n) is 1.96. The molecular weight excluding hydrogens is 245 g/mol. The molecule has 1 heterocycles. The van der Waals surface area contributed by atoms with Crippen LogP contribution in [0.1, 0.15) is 17.2 Å². The maximum absolute atomic E-state index is 13.3. The highest BCUT2D eigenvalue weighted by Gasteiger charge is 2.14. The van der Waals surface area contributed by atoms with Crippen LogP contribution in [0.2, 0.25) is 0 Å². The molecule has 0 aliphatic carbocycles. The molecule has 1 aromatic carbocycles. The van der Waals surface area contributed by atoms with E-state index in [2.05, 4.69) is 10.4 Å². The molecule has 6 heteroatoms. The van der Waals surface area contributed by atoms with Crippen molar-refractivity contribution >= 4 is 11.5 Å². The van der Waals surface area contributed by atoms with Gasteiger partial charge in [-0.05, 0) is 47.9 Å². The van der Waals surface area contributed by atoms with E-state index < -0.39 is 0 Å². The number of anilines is 2. The SMILES string of the molecule is NNC(Cc1ccnc(N)c1)c1cc(F)ccc1N. The zero-order valence-electron chi connectivity index (χ0n) is 10.3. The normalized spacial score (nSPS) is 12.3. The number of rotatable bonds is 4. The molecule has 19 heavy (non-hydrogen) atoms. The minimum Gasteiger partial charge on any atom is -0.398 e. The highest BCUT2D eigenvalue weighted by atomic mass is 19.1. The lowest BCUT2D eigenvalue weighted by atomic mass is 9.98. The molecule has 100 valence electrons. The van der Waals surface area contributed by atoms with Gasteiger partial charge in [0.25, 0.3) is 0 Å². The number of halogens is 1. The van der Waals surface area contributed by atoms with Crippen molar-refractivity contribution in [2.24, 2.45) is 5.84 Å². The number of nitrogens with one attached hydrogen (secondary N) is 1. The number of hydrogen-bond acceptors (Lipinski definition) is 5. The van der Waals surface area contributed by atoms with E-state index in [1.54, 1.807) is 12.3 Å². The van der Waals surface area contributed by atoms with Crippen molar-refractivity contribution in [3.63, 3.8) is 0 Å². The minimum absolute atomic E-state index is 0.294. The van der Waals surface area contributed by atoms with E-state index >= 15 is 0 Å². The smallest absolute Gasteiger partial charge is 0.123 e. The summed E-state index contributed by atoms with van der Waals surface area (Å²) in [6.45, 7) is 0. The molecule has 2 rings (SSSR count).